The number of hydrogen-bond acceptors (Lipinski definition) is 4. The Kier molecular flexibility index (Phi) is 4.46. The molecule has 0 saturated carbocycles. The molecule has 2 heterocycles. The number of carbonyl (C=O) groups is 1. The van der Waals surface area contributed by atoms with E-state index >= 15 is 0 Å². The van der Waals surface area contributed by atoms with Crippen LogP contribution in [0.5, 0.6) is 0 Å². The summed E-state index contributed by atoms with van der Waals surface area (Å²) >= 11 is 0. The molecule has 1 N–H and O–H groups in total. The van der Waals surface area contributed by atoms with Crippen molar-refractivity contribution in [2.24, 2.45) is 0 Å². The van der Waals surface area contributed by atoms with Crippen molar-refractivity contribution < 1.29 is 9.21 Å². The van der Waals surface area contributed by atoms with Crippen LogP contribution in [0.15, 0.2) is 51.7 Å². The number of nitrogens with zero attached hydrogens (tertiary/aromatic N) is 2. The van der Waals surface area contributed by atoms with Crippen LogP contribution in [0.3, 0.4) is 0 Å². The van der Waals surface area contributed by atoms with Gasteiger partial charge in [0, 0.05) is 18.0 Å². The SMILES string of the molecule is CCCN(C(=O)c1ccc(=O)[nH]n1)C(C)c1cc2ccccc2o1. The molecular formula is C18H19N3O3. The van der Waals surface area contributed by atoms with Gasteiger partial charge in [0.2, 0.25) is 0 Å². The van der Waals surface area contributed by atoms with E-state index in [1.807, 2.05) is 44.2 Å². The van der Waals surface area contributed by atoms with Crippen LogP contribution in [0, 0.1) is 0 Å². The number of nitrogens with one attached hydrogen (secondary N) is 1. The van der Waals surface area contributed by atoms with E-state index in [4.69, 9.17) is 4.42 Å². The number of H-pyrrole nitrogens is 1. The zero-order valence-electron chi connectivity index (χ0n) is 13.7. The van der Waals surface area contributed by atoms with Crippen LogP contribution >= 0.6 is 0 Å². The molecule has 0 saturated heterocycles. The van der Waals surface area contributed by atoms with Crippen molar-refractivity contribution in [3.05, 3.63) is 64.3 Å². The average Bonchev–Trinajstić information content (AvgIpc) is 3.03. The second kappa shape index (κ2) is 6.70. The van der Waals surface area contributed by atoms with Crippen LogP contribution in [0.2, 0.25) is 0 Å². The maximum absolute atomic E-state index is 12.8. The largest absolute Gasteiger partial charge is 0.459 e. The van der Waals surface area contributed by atoms with Crippen LogP contribution in [0.25, 0.3) is 11.0 Å². The normalized spacial score (nSPS) is 12.2. The Hall–Kier alpha value is -2.89. The first-order valence-electron chi connectivity index (χ1n) is 7.95. The van der Waals surface area contributed by atoms with Crippen molar-refractivity contribution in [3.8, 4) is 0 Å². The van der Waals surface area contributed by atoms with Gasteiger partial charge >= 0.3 is 0 Å². The Morgan fingerprint density at radius 1 is 1.29 bits per heavy atom. The van der Waals surface area contributed by atoms with Crippen molar-refractivity contribution >= 4 is 16.9 Å². The summed E-state index contributed by atoms with van der Waals surface area (Å²) in [5.41, 5.74) is 0.676. The van der Waals surface area contributed by atoms with Gasteiger partial charge in [0.15, 0.2) is 0 Å². The van der Waals surface area contributed by atoms with E-state index in [1.54, 1.807) is 4.90 Å². The summed E-state index contributed by atoms with van der Waals surface area (Å²) in [7, 11) is 0. The molecule has 24 heavy (non-hydrogen) atoms. The fourth-order valence-electron chi connectivity index (χ4n) is 2.68. The minimum atomic E-state index is -0.334. The summed E-state index contributed by atoms with van der Waals surface area (Å²) in [6.45, 7) is 4.50. The van der Waals surface area contributed by atoms with Gasteiger partial charge in [-0.15, -0.1) is 0 Å². The van der Waals surface area contributed by atoms with Crippen molar-refractivity contribution in [2.45, 2.75) is 26.3 Å². The second-order valence-corrected chi connectivity index (χ2v) is 5.67. The highest BCUT2D eigenvalue weighted by Crippen LogP contribution is 2.28. The number of aromatic nitrogens is 2. The molecule has 0 bridgehead atoms. The van der Waals surface area contributed by atoms with Gasteiger partial charge in [-0.2, -0.15) is 5.10 Å². The zero-order chi connectivity index (χ0) is 17.1. The number of carbonyl (C=O) groups excluding carboxylic acids is 1. The molecule has 1 aromatic carbocycles. The lowest BCUT2D eigenvalue weighted by Crippen LogP contribution is -2.35. The van der Waals surface area contributed by atoms with E-state index in [0.29, 0.717) is 6.54 Å². The molecule has 6 heteroatoms. The monoisotopic (exact) mass is 325 g/mol. The van der Waals surface area contributed by atoms with Gasteiger partial charge in [0.25, 0.3) is 11.5 Å². The standard InChI is InChI=1S/C18H19N3O3/c1-3-10-21(18(23)14-8-9-17(22)20-19-14)12(2)16-11-13-6-4-5-7-15(13)24-16/h4-9,11-12H,3,10H2,1-2H3,(H,20,22). The molecule has 1 amide bonds. The van der Waals surface area contributed by atoms with E-state index in [9.17, 15) is 9.59 Å². The van der Waals surface area contributed by atoms with Crippen LogP contribution in [0.1, 0.15) is 42.6 Å². The molecule has 0 spiro atoms. The predicted octanol–water partition coefficient (Wildman–Crippen LogP) is 3.13. The molecule has 0 aliphatic carbocycles. The zero-order valence-corrected chi connectivity index (χ0v) is 13.7. The lowest BCUT2D eigenvalue weighted by Gasteiger charge is -2.27. The van der Waals surface area contributed by atoms with Gasteiger partial charge in [-0.25, -0.2) is 5.10 Å². The highest BCUT2D eigenvalue weighted by molar-refractivity contribution is 5.92. The summed E-state index contributed by atoms with van der Waals surface area (Å²) in [5, 5.41) is 7.15. The molecule has 2 aromatic heterocycles. The molecule has 0 aliphatic rings. The van der Waals surface area contributed by atoms with E-state index in [0.717, 1.165) is 23.2 Å². The molecule has 3 rings (SSSR count). The third kappa shape index (κ3) is 3.08. The van der Waals surface area contributed by atoms with Crippen LogP contribution in [-0.2, 0) is 0 Å². The highest BCUT2D eigenvalue weighted by atomic mass is 16.3. The second-order valence-electron chi connectivity index (χ2n) is 5.67. The molecule has 1 unspecified atom stereocenters. The number of hydrogen-bond donors (Lipinski definition) is 1. The Bertz CT molecular complexity index is 860. The third-order valence-corrected chi connectivity index (χ3v) is 3.95. The molecule has 1 atom stereocenters. The molecule has 0 radical (unpaired) electrons. The summed E-state index contributed by atoms with van der Waals surface area (Å²) in [6.07, 6.45) is 0.805. The van der Waals surface area contributed by atoms with Gasteiger partial charge in [-0.1, -0.05) is 25.1 Å². The Morgan fingerprint density at radius 3 is 2.75 bits per heavy atom. The molecular weight excluding hydrogens is 306 g/mol. The Labute approximate surface area is 139 Å². The molecule has 6 nitrogen and oxygen atoms in total. The summed E-state index contributed by atoms with van der Waals surface area (Å²) in [4.78, 5) is 25.6. The third-order valence-electron chi connectivity index (χ3n) is 3.95. The number of furan rings is 1. The quantitative estimate of drug-likeness (QED) is 0.781. The molecule has 0 fully saturated rings. The highest BCUT2D eigenvalue weighted by Gasteiger charge is 2.25. The number of amides is 1. The maximum Gasteiger partial charge on any atom is 0.274 e. The fraction of sp³-hybridized carbons (Fsp3) is 0.278. The van der Waals surface area contributed by atoms with E-state index in [-0.39, 0.29) is 23.2 Å². The van der Waals surface area contributed by atoms with Crippen LogP contribution in [0.4, 0.5) is 0 Å². The fourth-order valence-corrected chi connectivity index (χ4v) is 2.68. The first kappa shape index (κ1) is 16.0. The smallest absolute Gasteiger partial charge is 0.274 e. The predicted molar refractivity (Wildman–Crippen MR) is 90.8 cm³/mol. The van der Waals surface area contributed by atoms with Gasteiger partial charge in [-0.05, 0) is 31.5 Å². The first-order chi connectivity index (χ1) is 11.6. The van der Waals surface area contributed by atoms with Gasteiger partial charge in [-0.3, -0.25) is 9.59 Å². The summed E-state index contributed by atoms with van der Waals surface area (Å²) in [6, 6.07) is 12.2. The minimum absolute atomic E-state index is 0.214. The minimum Gasteiger partial charge on any atom is -0.459 e. The number of rotatable bonds is 5. The number of para-hydroxylation sites is 1. The summed E-state index contributed by atoms with van der Waals surface area (Å²) < 4.78 is 5.89. The van der Waals surface area contributed by atoms with Crippen LogP contribution < -0.4 is 5.56 Å². The maximum atomic E-state index is 12.8. The van der Waals surface area contributed by atoms with Crippen molar-refractivity contribution in [3.63, 3.8) is 0 Å². The Morgan fingerprint density at radius 2 is 2.08 bits per heavy atom. The lowest BCUT2D eigenvalue weighted by molar-refractivity contribution is 0.0665. The van der Waals surface area contributed by atoms with Crippen LogP contribution in [-0.4, -0.2) is 27.5 Å². The molecule has 0 aliphatic heterocycles. The van der Waals surface area contributed by atoms with E-state index in [2.05, 4.69) is 10.2 Å². The Balaban J connectivity index is 1.92. The molecule has 124 valence electrons. The molecule has 3 aromatic rings. The average molecular weight is 325 g/mol. The summed E-state index contributed by atoms with van der Waals surface area (Å²) in [5.74, 6) is 0.489. The first-order valence-corrected chi connectivity index (χ1v) is 7.95. The lowest BCUT2D eigenvalue weighted by atomic mass is 10.1. The van der Waals surface area contributed by atoms with Gasteiger partial charge < -0.3 is 9.32 Å². The van der Waals surface area contributed by atoms with Crippen molar-refractivity contribution in [1.29, 1.82) is 0 Å². The van der Waals surface area contributed by atoms with Gasteiger partial charge in [0.05, 0.1) is 6.04 Å². The van der Waals surface area contributed by atoms with E-state index in [1.165, 1.54) is 12.1 Å². The number of benzene rings is 1. The number of fused-ring (bicyclic) bond motifs is 1. The topological polar surface area (TPSA) is 79.2 Å². The van der Waals surface area contributed by atoms with E-state index < -0.39 is 0 Å². The van der Waals surface area contributed by atoms with Crippen molar-refractivity contribution in [2.75, 3.05) is 6.54 Å². The number of aromatic amines is 1. The van der Waals surface area contributed by atoms with Crippen molar-refractivity contribution in [1.82, 2.24) is 15.1 Å². The van der Waals surface area contributed by atoms with Gasteiger partial charge in [0.1, 0.15) is 17.0 Å².